The quantitative estimate of drug-likeness (QED) is 0.424. The van der Waals surface area contributed by atoms with E-state index in [0.717, 1.165) is 32.5 Å². The van der Waals surface area contributed by atoms with Crippen LogP contribution in [0.25, 0.3) is 0 Å². The lowest BCUT2D eigenvalue weighted by Gasteiger charge is -2.11. The van der Waals surface area contributed by atoms with Crippen LogP contribution in [0.3, 0.4) is 0 Å². The van der Waals surface area contributed by atoms with E-state index in [1.54, 1.807) is 16.4 Å². The zero-order valence-electron chi connectivity index (χ0n) is 14.9. The van der Waals surface area contributed by atoms with Crippen LogP contribution in [0.1, 0.15) is 17.0 Å². The van der Waals surface area contributed by atoms with E-state index in [1.165, 1.54) is 5.56 Å². The van der Waals surface area contributed by atoms with Crippen molar-refractivity contribution in [1.82, 2.24) is 14.9 Å². The molecule has 0 atom stereocenters. The molecule has 0 spiro atoms. The Kier molecular flexibility index (Phi) is 6.11. The second-order valence-electron chi connectivity index (χ2n) is 5.99. The molecule has 26 heavy (non-hydrogen) atoms. The second-order valence-corrected chi connectivity index (χ2v) is 7.85. The normalized spacial score (nSPS) is 11.2. The first-order chi connectivity index (χ1) is 12.5. The minimum absolute atomic E-state index is 0.768. The number of anilines is 1. The first kappa shape index (κ1) is 18.7. The number of halogens is 1. The van der Waals surface area contributed by atoms with Crippen LogP contribution in [0, 0.1) is 6.92 Å². The van der Waals surface area contributed by atoms with Crippen LogP contribution in [0.2, 0.25) is 0 Å². The first-order valence-corrected chi connectivity index (χ1v) is 9.92. The molecular formula is C19H20BrN5S. The molecule has 7 heteroatoms. The van der Waals surface area contributed by atoms with Crippen LogP contribution < -0.4 is 4.90 Å². The Labute approximate surface area is 166 Å². The average Bonchev–Trinajstić information content (AvgIpc) is 2.99. The third-order valence-corrected chi connectivity index (χ3v) is 5.30. The lowest BCUT2D eigenvalue weighted by atomic mass is 10.2. The Morgan fingerprint density at radius 3 is 2.42 bits per heavy atom. The summed E-state index contributed by atoms with van der Waals surface area (Å²) in [5, 5.41) is 13.7. The Morgan fingerprint density at radius 2 is 1.77 bits per heavy atom. The maximum atomic E-state index is 4.56. The van der Waals surface area contributed by atoms with Gasteiger partial charge in [0.25, 0.3) is 0 Å². The van der Waals surface area contributed by atoms with Gasteiger partial charge in [-0.2, -0.15) is 9.78 Å². The van der Waals surface area contributed by atoms with E-state index in [2.05, 4.69) is 60.4 Å². The number of thioether (sulfide) groups is 1. The van der Waals surface area contributed by atoms with Crippen LogP contribution >= 0.6 is 27.7 Å². The van der Waals surface area contributed by atoms with Crippen LogP contribution in [0.15, 0.2) is 63.3 Å². The third-order valence-electron chi connectivity index (χ3n) is 3.78. The topological polar surface area (TPSA) is 46.3 Å². The van der Waals surface area contributed by atoms with Crippen LogP contribution in [0.5, 0.6) is 0 Å². The maximum absolute atomic E-state index is 4.56. The number of hydrogen-bond acceptors (Lipinski definition) is 5. The first-order valence-electron chi connectivity index (χ1n) is 8.14. The molecule has 134 valence electrons. The van der Waals surface area contributed by atoms with Crippen LogP contribution in [-0.2, 0) is 5.75 Å². The molecule has 1 aromatic heterocycles. The van der Waals surface area contributed by atoms with Gasteiger partial charge in [0.05, 0.1) is 6.21 Å². The molecule has 0 bridgehead atoms. The van der Waals surface area contributed by atoms with E-state index < -0.39 is 0 Å². The summed E-state index contributed by atoms with van der Waals surface area (Å²) in [6.07, 6.45) is 1.83. The predicted molar refractivity (Wildman–Crippen MR) is 112 cm³/mol. The van der Waals surface area contributed by atoms with E-state index in [4.69, 9.17) is 0 Å². The summed E-state index contributed by atoms with van der Waals surface area (Å²) in [4.78, 5) is 2.07. The number of hydrogen-bond donors (Lipinski definition) is 0. The molecule has 0 saturated heterocycles. The van der Waals surface area contributed by atoms with E-state index in [1.807, 2.05) is 51.5 Å². The van der Waals surface area contributed by atoms with Crippen LogP contribution in [-0.4, -0.2) is 35.2 Å². The van der Waals surface area contributed by atoms with Gasteiger partial charge in [-0.3, -0.25) is 0 Å². The molecule has 0 saturated carbocycles. The summed E-state index contributed by atoms with van der Waals surface area (Å²) in [5.41, 5.74) is 3.43. The Balaban J connectivity index is 1.71. The molecule has 0 aliphatic carbocycles. The SMILES string of the molecule is Cc1nnc(SCc2ccc(Br)cc2)n1/N=C\c1ccc(N(C)C)cc1. The number of aromatic nitrogens is 3. The highest BCUT2D eigenvalue weighted by molar-refractivity contribution is 9.10. The summed E-state index contributed by atoms with van der Waals surface area (Å²) < 4.78 is 2.86. The van der Waals surface area contributed by atoms with Crippen molar-refractivity contribution >= 4 is 39.6 Å². The Morgan fingerprint density at radius 1 is 1.08 bits per heavy atom. The lowest BCUT2D eigenvalue weighted by molar-refractivity contribution is 0.744. The monoisotopic (exact) mass is 429 g/mol. The molecular weight excluding hydrogens is 410 g/mol. The van der Waals surface area contributed by atoms with E-state index in [-0.39, 0.29) is 0 Å². The van der Waals surface area contributed by atoms with E-state index >= 15 is 0 Å². The van der Waals surface area contributed by atoms with Crippen molar-refractivity contribution in [2.75, 3.05) is 19.0 Å². The summed E-state index contributed by atoms with van der Waals surface area (Å²) >= 11 is 5.08. The van der Waals surface area contributed by atoms with Gasteiger partial charge in [-0.05, 0) is 42.3 Å². The van der Waals surface area contributed by atoms with Gasteiger partial charge < -0.3 is 4.90 Å². The molecule has 0 amide bonds. The Hall–Kier alpha value is -2.12. The third kappa shape index (κ3) is 4.74. The van der Waals surface area contributed by atoms with Gasteiger partial charge in [0.15, 0.2) is 5.82 Å². The molecule has 0 unspecified atom stereocenters. The summed E-state index contributed by atoms with van der Waals surface area (Å²) in [6, 6.07) is 16.5. The fraction of sp³-hybridized carbons (Fsp3) is 0.211. The number of rotatable bonds is 6. The van der Waals surface area contributed by atoms with Gasteiger partial charge >= 0.3 is 0 Å². The van der Waals surface area contributed by atoms with Crippen molar-refractivity contribution in [2.45, 2.75) is 17.8 Å². The van der Waals surface area contributed by atoms with Crippen LogP contribution in [0.4, 0.5) is 5.69 Å². The fourth-order valence-corrected chi connectivity index (χ4v) is 3.43. The largest absolute Gasteiger partial charge is 0.378 e. The van der Waals surface area contributed by atoms with Gasteiger partial charge in [-0.25, -0.2) is 0 Å². The molecule has 0 fully saturated rings. The smallest absolute Gasteiger partial charge is 0.212 e. The van der Waals surface area contributed by atoms with Crippen molar-refractivity contribution in [3.8, 4) is 0 Å². The lowest BCUT2D eigenvalue weighted by Crippen LogP contribution is -2.08. The highest BCUT2D eigenvalue weighted by Crippen LogP contribution is 2.23. The fourth-order valence-electron chi connectivity index (χ4n) is 2.27. The molecule has 0 aliphatic heterocycles. The van der Waals surface area contributed by atoms with Gasteiger partial charge in [0, 0.05) is 30.0 Å². The number of nitrogens with zero attached hydrogens (tertiary/aromatic N) is 5. The van der Waals surface area contributed by atoms with Crippen molar-refractivity contribution in [1.29, 1.82) is 0 Å². The van der Waals surface area contributed by atoms with Crippen molar-refractivity contribution in [3.63, 3.8) is 0 Å². The molecule has 2 aromatic carbocycles. The van der Waals surface area contributed by atoms with Crippen molar-refractivity contribution in [2.24, 2.45) is 5.10 Å². The molecule has 5 nitrogen and oxygen atoms in total. The standard InChI is InChI=1S/C19H20BrN5S/c1-14-22-23-19(26-13-16-4-8-17(20)9-5-16)25(14)21-12-15-6-10-18(11-7-15)24(2)3/h4-12H,13H2,1-3H3/b21-12-. The zero-order chi connectivity index (χ0) is 18.5. The zero-order valence-corrected chi connectivity index (χ0v) is 17.3. The van der Waals surface area contributed by atoms with E-state index in [9.17, 15) is 0 Å². The predicted octanol–water partition coefficient (Wildman–Crippen LogP) is 4.59. The van der Waals surface area contributed by atoms with Crippen molar-refractivity contribution in [3.05, 3.63) is 70.0 Å². The number of benzene rings is 2. The van der Waals surface area contributed by atoms with Gasteiger partial charge in [-0.15, -0.1) is 10.2 Å². The maximum Gasteiger partial charge on any atom is 0.212 e. The molecule has 1 heterocycles. The van der Waals surface area contributed by atoms with Gasteiger partial charge in [0.2, 0.25) is 5.16 Å². The molecule has 3 rings (SSSR count). The van der Waals surface area contributed by atoms with E-state index in [0.29, 0.717) is 0 Å². The second kappa shape index (κ2) is 8.51. The highest BCUT2D eigenvalue weighted by atomic mass is 79.9. The Bertz CT molecular complexity index is 885. The minimum Gasteiger partial charge on any atom is -0.378 e. The minimum atomic E-state index is 0.768. The average molecular weight is 430 g/mol. The van der Waals surface area contributed by atoms with Gasteiger partial charge in [0.1, 0.15) is 0 Å². The molecule has 0 radical (unpaired) electrons. The van der Waals surface area contributed by atoms with Gasteiger partial charge in [-0.1, -0.05) is 52.0 Å². The summed E-state index contributed by atoms with van der Waals surface area (Å²) in [5.74, 6) is 1.59. The summed E-state index contributed by atoms with van der Waals surface area (Å²) in [7, 11) is 4.05. The summed E-state index contributed by atoms with van der Waals surface area (Å²) in [6.45, 7) is 1.91. The molecule has 0 N–H and O–H groups in total. The van der Waals surface area contributed by atoms with Crippen molar-refractivity contribution < 1.29 is 0 Å². The highest BCUT2D eigenvalue weighted by Gasteiger charge is 2.08. The molecule has 0 aliphatic rings. The number of aryl methyl sites for hydroxylation is 1. The molecule has 3 aromatic rings.